The molecule has 0 spiro atoms. The van der Waals surface area contributed by atoms with Crippen molar-refractivity contribution in [3.63, 3.8) is 0 Å². The normalized spacial score (nSPS) is 15.1. The molecule has 0 bridgehead atoms. The Labute approximate surface area is 715 Å². The molecule has 0 unspecified atom stereocenters. The topological polar surface area (TPSA) is 624 Å². The van der Waals surface area contributed by atoms with Gasteiger partial charge in [0, 0.05) is 0 Å². The zero-order chi connectivity index (χ0) is 91.1. The van der Waals surface area contributed by atoms with Gasteiger partial charge < -0.3 is 120 Å². The second-order valence-electron chi connectivity index (χ2n) is 35.1. The second-order valence-corrected chi connectivity index (χ2v) is 35.1. The van der Waals surface area contributed by atoms with E-state index in [1.807, 2.05) is 96.9 Å². The predicted octanol–water partition coefficient (Wildman–Crippen LogP) is 0.926. The largest absolute Gasteiger partial charge is 0.480 e. The number of rotatable bonds is 69. The van der Waals surface area contributed by atoms with Crippen molar-refractivity contribution in [2.75, 3.05) is 45.8 Å². The summed E-state index contributed by atoms with van der Waals surface area (Å²) in [6.45, 7) is 27.8. The van der Waals surface area contributed by atoms with Crippen LogP contribution in [0.15, 0.2) is 0 Å². The van der Waals surface area contributed by atoms with Crippen molar-refractivity contribution in [1.82, 2.24) is 69.1 Å². The van der Waals surface area contributed by atoms with E-state index in [1.54, 1.807) is 0 Å². The summed E-state index contributed by atoms with van der Waals surface area (Å²) < 4.78 is 0. The Morgan fingerprint density at radius 2 is 0.317 bits per heavy atom. The number of amides is 13. The van der Waals surface area contributed by atoms with Crippen LogP contribution in [0.2, 0.25) is 0 Å². The fraction of sp³-hybridized carbons (Fsp3) is 0.833. The first-order chi connectivity index (χ1) is 56.6. The van der Waals surface area contributed by atoms with E-state index in [0.717, 1.165) is 0 Å². The maximum absolute atomic E-state index is 14.9. The third-order valence-corrected chi connectivity index (χ3v) is 20.1. The molecule has 0 fully saturated rings. The van der Waals surface area contributed by atoms with E-state index in [2.05, 4.69) is 69.1 Å². The summed E-state index contributed by atoms with van der Waals surface area (Å²) in [5, 5.41) is 46.3. The van der Waals surface area contributed by atoms with Crippen molar-refractivity contribution >= 4 is 82.8 Å². The molecule has 0 aliphatic rings. The van der Waals surface area contributed by atoms with E-state index in [0.29, 0.717) is 109 Å². The summed E-state index contributed by atoms with van der Waals surface area (Å²) in [6, 6.07) is -17.1. The lowest BCUT2D eigenvalue weighted by atomic mass is 9.98. The molecule has 13 amide bonds. The molecule has 0 aromatic heterocycles. The van der Waals surface area contributed by atoms with Gasteiger partial charge in [0.1, 0.15) is 78.5 Å². The van der Waals surface area contributed by atoms with Gasteiger partial charge in [0.15, 0.2) is 0 Å². The predicted molar refractivity (Wildman–Crippen MR) is 467 cm³/mol. The molecule has 0 aliphatic heterocycles. The Morgan fingerprint density at radius 3 is 0.458 bits per heavy atom. The van der Waals surface area contributed by atoms with Gasteiger partial charge in [-0.1, -0.05) is 96.9 Å². The standard InChI is InChI=1S/C84H163N21O15/c1-50(2)43-57(92)71(106)93-58(29-15-22-36-85)72(107)100-65(44-51(3)4)78(113)94-59(30-16-23-37-86)73(108)101-66(45-52(5)6)79(114)95-60(31-17-24-38-87)74(109)102-67(46-53(7)8)80(115)96-61(32-18-25-39-88)75(110)103-68(47-54(9)10)81(116)97-62(33-19-26-40-89)76(111)104-69(48-55(11)12)82(117)98-63(34-20-27-41-90)77(112)105-70(49-56(13)14)83(118)99-64(84(119)120)35-21-28-42-91/h50-70H,15-49,85-92H2,1-14H3,(H,93,106)(H,94,113)(H,95,114)(H,96,115)(H,97,116)(H,98,117)(H,99,118)(H,100,107)(H,101,108)(H,102,109)(H,103,110)(H,104,111)(H,105,112)(H,119,120)/t57-,58-,59-,60-,61-,62-,63-,64-,65-,66-,67-,68-,69-,70-/m0/s1. The van der Waals surface area contributed by atoms with Gasteiger partial charge in [-0.25, -0.2) is 4.79 Å². The summed E-state index contributed by atoms with van der Waals surface area (Å²) >= 11 is 0. The Bertz CT molecular complexity index is 3040. The average Bonchev–Trinajstić information content (AvgIpc) is 0.782. The van der Waals surface area contributed by atoms with Gasteiger partial charge in [-0.15, -0.1) is 0 Å². The van der Waals surface area contributed by atoms with Gasteiger partial charge in [-0.3, -0.25) is 62.3 Å². The van der Waals surface area contributed by atoms with Crippen molar-refractivity contribution in [2.45, 2.75) is 361 Å². The lowest BCUT2D eigenvalue weighted by Gasteiger charge is -2.30. The molecule has 120 heavy (non-hydrogen) atoms. The fourth-order valence-corrected chi connectivity index (χ4v) is 13.7. The number of hydrogen-bond acceptors (Lipinski definition) is 22. The zero-order valence-electron chi connectivity index (χ0n) is 75.2. The van der Waals surface area contributed by atoms with E-state index in [-0.39, 0.29) is 158 Å². The van der Waals surface area contributed by atoms with Crippen molar-refractivity contribution < 1.29 is 72.2 Å². The van der Waals surface area contributed by atoms with E-state index in [4.69, 9.17) is 45.9 Å². The number of carbonyl (C=O) groups is 14. The minimum absolute atomic E-state index is 0.0303. The van der Waals surface area contributed by atoms with E-state index in [9.17, 15) is 72.2 Å². The summed E-state index contributed by atoms with van der Waals surface area (Å²) in [6.07, 6.45) is 7.59. The molecule has 0 aliphatic carbocycles. The van der Waals surface area contributed by atoms with Crippen molar-refractivity contribution in [3.8, 4) is 0 Å². The molecule has 0 aromatic rings. The van der Waals surface area contributed by atoms with Gasteiger partial charge in [0.2, 0.25) is 76.8 Å². The third kappa shape index (κ3) is 49.4. The molecule has 30 N–H and O–H groups in total. The SMILES string of the molecule is CC(C)C[C@H](NC(=O)[C@H](CCCCN)NC(=O)[C@H](CC(C)C)NC(=O)[C@H](CCCCN)NC(=O)[C@H](CC(C)C)NC(=O)[C@H](CCCCN)NC(=O)[C@H](CC(C)C)NC(=O)[C@H](CCCCN)NC(=O)[C@H](CC(C)C)NC(=O)[C@H](CCCCN)NC(=O)[C@H](CC(C)C)NC(=O)[C@H](CCCCN)NC(=O)[C@@H](N)CC(C)C)C(=O)N[C@@H](CCCCN)C(=O)O. The molecule has 0 rings (SSSR count). The first-order valence-electron chi connectivity index (χ1n) is 44.5. The first-order valence-corrected chi connectivity index (χ1v) is 44.5. The smallest absolute Gasteiger partial charge is 0.326 e. The van der Waals surface area contributed by atoms with Crippen LogP contribution in [0.3, 0.4) is 0 Å². The molecule has 0 heterocycles. The monoisotopic (exact) mass is 1710 g/mol. The Balaban J connectivity index is 7.39. The van der Waals surface area contributed by atoms with Crippen LogP contribution in [0.25, 0.3) is 0 Å². The number of nitrogens with one attached hydrogen (secondary N) is 13. The molecule has 0 radical (unpaired) electrons. The van der Waals surface area contributed by atoms with Crippen LogP contribution in [0.4, 0.5) is 0 Å². The Hall–Kier alpha value is -7.74. The van der Waals surface area contributed by atoms with Gasteiger partial charge >= 0.3 is 5.97 Å². The molecule has 14 atom stereocenters. The van der Waals surface area contributed by atoms with Gasteiger partial charge in [-0.2, -0.15) is 0 Å². The first kappa shape index (κ1) is 112. The van der Waals surface area contributed by atoms with Crippen LogP contribution >= 0.6 is 0 Å². The van der Waals surface area contributed by atoms with Crippen LogP contribution < -0.4 is 115 Å². The summed E-state index contributed by atoms with van der Waals surface area (Å²) in [5.74, 6) is -11.6. The third-order valence-electron chi connectivity index (χ3n) is 20.1. The lowest BCUT2D eigenvalue weighted by molar-refractivity contribution is -0.142. The number of carboxylic acids is 1. The molecule has 0 aromatic carbocycles. The van der Waals surface area contributed by atoms with E-state index in [1.165, 1.54) is 0 Å². The molecule has 694 valence electrons. The maximum Gasteiger partial charge on any atom is 0.326 e. The zero-order valence-corrected chi connectivity index (χ0v) is 75.2. The fourth-order valence-electron chi connectivity index (χ4n) is 13.7. The van der Waals surface area contributed by atoms with E-state index >= 15 is 0 Å². The highest BCUT2D eigenvalue weighted by molar-refractivity contribution is 6.00. The number of hydrogen-bond donors (Lipinski definition) is 22. The second kappa shape index (κ2) is 64.1. The highest BCUT2D eigenvalue weighted by Crippen LogP contribution is 2.19. The minimum Gasteiger partial charge on any atom is -0.480 e. The number of carboxylic acid groups (broad SMARTS) is 1. The molecule has 0 saturated carbocycles. The molecule has 0 saturated heterocycles. The van der Waals surface area contributed by atoms with Crippen LogP contribution in [0.1, 0.15) is 277 Å². The quantitative estimate of drug-likeness (QED) is 0.0377. The van der Waals surface area contributed by atoms with Crippen LogP contribution in [-0.4, -0.2) is 218 Å². The van der Waals surface area contributed by atoms with Crippen LogP contribution in [0, 0.1) is 41.4 Å². The molecule has 36 nitrogen and oxygen atoms in total. The number of aliphatic carboxylic acids is 1. The lowest BCUT2D eigenvalue weighted by Crippen LogP contribution is -2.61. The minimum atomic E-state index is -1.32. The van der Waals surface area contributed by atoms with Gasteiger partial charge in [0.05, 0.1) is 6.04 Å². The van der Waals surface area contributed by atoms with Crippen LogP contribution in [0.5, 0.6) is 0 Å². The highest BCUT2D eigenvalue weighted by Gasteiger charge is 2.39. The Kier molecular flexibility index (Phi) is 60.0. The molecule has 36 heteroatoms. The molecular formula is C84H163N21O15. The summed E-state index contributed by atoms with van der Waals surface area (Å²) in [7, 11) is 0. The van der Waals surface area contributed by atoms with Crippen molar-refractivity contribution in [3.05, 3.63) is 0 Å². The maximum atomic E-state index is 14.9. The van der Waals surface area contributed by atoms with Crippen molar-refractivity contribution in [2.24, 2.45) is 87.3 Å². The van der Waals surface area contributed by atoms with Gasteiger partial charge in [-0.05, 0) is 267 Å². The van der Waals surface area contributed by atoms with E-state index < -0.39 is 167 Å². The highest BCUT2D eigenvalue weighted by atomic mass is 16.4. The summed E-state index contributed by atoms with van der Waals surface area (Å²) in [4.78, 5) is 200. The Morgan fingerprint density at radius 1 is 0.192 bits per heavy atom. The van der Waals surface area contributed by atoms with Gasteiger partial charge in [0.25, 0.3) is 0 Å². The number of nitrogens with two attached hydrogens (primary N) is 8. The molecular weight excluding hydrogens is 1540 g/mol. The van der Waals surface area contributed by atoms with Crippen molar-refractivity contribution in [1.29, 1.82) is 0 Å². The van der Waals surface area contributed by atoms with Crippen LogP contribution in [-0.2, 0) is 67.1 Å². The average molecular weight is 1710 g/mol. The summed E-state index contributed by atoms with van der Waals surface area (Å²) in [5.41, 5.74) is 47.1. The number of unbranched alkanes of at least 4 members (excludes halogenated alkanes) is 7. The number of carbonyl (C=O) groups excluding carboxylic acids is 13.